The van der Waals surface area contributed by atoms with Gasteiger partial charge in [0.25, 0.3) is 11.5 Å². The van der Waals surface area contributed by atoms with E-state index in [1.54, 1.807) is 16.7 Å². The highest BCUT2D eigenvalue weighted by atomic mass is 16.2. The molecule has 0 aliphatic carbocycles. The molecule has 3 aromatic rings. The minimum absolute atomic E-state index is 0.0343. The van der Waals surface area contributed by atoms with Crippen molar-refractivity contribution >= 4 is 23.1 Å². The standard InChI is InChI=1S/C18H22N6O3/c1-4-5-9-23-15(19)14(16(25)21-18(23)27)22(3)17(26)12-10-24-11(2)7-6-8-13(24)20-12/h6-8,10H,4-5,9,19H2,1-3H3,(H,21,25,27). The zero-order chi connectivity index (χ0) is 19.7. The number of hydrogen-bond acceptors (Lipinski definition) is 5. The first-order valence-corrected chi connectivity index (χ1v) is 8.70. The van der Waals surface area contributed by atoms with Crippen LogP contribution in [0.4, 0.5) is 11.5 Å². The fraction of sp³-hybridized carbons (Fsp3) is 0.333. The first-order valence-electron chi connectivity index (χ1n) is 8.70. The number of anilines is 2. The van der Waals surface area contributed by atoms with Crippen LogP contribution in [0, 0.1) is 6.92 Å². The second-order valence-corrected chi connectivity index (χ2v) is 6.38. The highest BCUT2D eigenvalue weighted by molar-refractivity contribution is 6.05. The Balaban J connectivity index is 2.05. The number of carbonyl (C=O) groups excluding carboxylic acids is 1. The van der Waals surface area contributed by atoms with Gasteiger partial charge in [0.2, 0.25) is 0 Å². The number of carbonyl (C=O) groups is 1. The van der Waals surface area contributed by atoms with Crippen LogP contribution in [0.2, 0.25) is 0 Å². The van der Waals surface area contributed by atoms with Gasteiger partial charge in [0.05, 0.1) is 0 Å². The maximum atomic E-state index is 12.9. The van der Waals surface area contributed by atoms with Gasteiger partial charge in [0, 0.05) is 25.5 Å². The minimum Gasteiger partial charge on any atom is -0.383 e. The van der Waals surface area contributed by atoms with Crippen LogP contribution in [0.15, 0.2) is 34.0 Å². The molecule has 1 amide bonds. The molecule has 0 saturated heterocycles. The summed E-state index contributed by atoms with van der Waals surface area (Å²) in [7, 11) is 1.44. The molecule has 0 unspecified atom stereocenters. The van der Waals surface area contributed by atoms with Crippen molar-refractivity contribution in [2.75, 3.05) is 17.7 Å². The molecule has 3 heterocycles. The molecule has 3 aromatic heterocycles. The molecule has 0 atom stereocenters. The number of rotatable bonds is 5. The monoisotopic (exact) mass is 370 g/mol. The second kappa shape index (κ2) is 7.10. The van der Waals surface area contributed by atoms with Crippen molar-refractivity contribution < 1.29 is 4.79 Å². The van der Waals surface area contributed by atoms with Gasteiger partial charge in [-0.1, -0.05) is 19.4 Å². The van der Waals surface area contributed by atoms with Gasteiger partial charge >= 0.3 is 5.69 Å². The van der Waals surface area contributed by atoms with E-state index < -0.39 is 17.2 Å². The lowest BCUT2D eigenvalue weighted by molar-refractivity contribution is 0.0988. The lowest BCUT2D eigenvalue weighted by Gasteiger charge is -2.19. The number of hydrogen-bond donors (Lipinski definition) is 2. The summed E-state index contributed by atoms with van der Waals surface area (Å²) in [5.74, 6) is -0.524. The van der Waals surface area contributed by atoms with Crippen molar-refractivity contribution in [1.29, 1.82) is 0 Å². The number of H-pyrrole nitrogens is 1. The summed E-state index contributed by atoms with van der Waals surface area (Å²) in [6.07, 6.45) is 3.19. The summed E-state index contributed by atoms with van der Waals surface area (Å²) in [4.78, 5) is 44.9. The lowest BCUT2D eigenvalue weighted by atomic mass is 10.3. The van der Waals surface area contributed by atoms with E-state index in [1.807, 2.05) is 26.0 Å². The third kappa shape index (κ3) is 3.23. The highest BCUT2D eigenvalue weighted by Crippen LogP contribution is 2.18. The molecule has 0 aliphatic heterocycles. The number of unbranched alkanes of at least 4 members (excludes halogenated alkanes) is 1. The summed E-state index contributed by atoms with van der Waals surface area (Å²) in [5, 5.41) is 0. The number of amides is 1. The van der Waals surface area contributed by atoms with Gasteiger partial charge in [-0.05, 0) is 25.5 Å². The van der Waals surface area contributed by atoms with Gasteiger partial charge in [0.1, 0.15) is 17.2 Å². The van der Waals surface area contributed by atoms with Crippen molar-refractivity contribution in [2.24, 2.45) is 0 Å². The highest BCUT2D eigenvalue weighted by Gasteiger charge is 2.23. The number of aromatic amines is 1. The minimum atomic E-state index is -0.707. The predicted molar refractivity (Wildman–Crippen MR) is 103 cm³/mol. The van der Waals surface area contributed by atoms with Crippen LogP contribution < -0.4 is 21.9 Å². The van der Waals surface area contributed by atoms with Gasteiger partial charge in [-0.25, -0.2) is 9.78 Å². The number of nitrogens with one attached hydrogen (secondary N) is 1. The fourth-order valence-corrected chi connectivity index (χ4v) is 2.96. The number of aromatic nitrogens is 4. The van der Waals surface area contributed by atoms with Gasteiger partial charge < -0.3 is 15.0 Å². The van der Waals surface area contributed by atoms with E-state index in [-0.39, 0.29) is 17.2 Å². The summed E-state index contributed by atoms with van der Waals surface area (Å²) < 4.78 is 3.06. The topological polar surface area (TPSA) is 118 Å². The molecule has 0 fully saturated rings. The summed E-state index contributed by atoms with van der Waals surface area (Å²) in [5.41, 5.74) is 6.44. The van der Waals surface area contributed by atoms with E-state index >= 15 is 0 Å². The number of pyridine rings is 1. The summed E-state index contributed by atoms with van der Waals surface area (Å²) in [6, 6.07) is 5.54. The third-order valence-electron chi connectivity index (χ3n) is 4.50. The molecule has 142 valence electrons. The number of aryl methyl sites for hydroxylation is 1. The molecular formula is C18H22N6O3. The number of nitrogen functional groups attached to an aromatic ring is 1. The smallest absolute Gasteiger partial charge is 0.330 e. The Bertz CT molecular complexity index is 1120. The summed E-state index contributed by atoms with van der Waals surface area (Å²) in [6.45, 7) is 4.24. The largest absolute Gasteiger partial charge is 0.383 e. The van der Waals surface area contributed by atoms with Gasteiger partial charge in [0.15, 0.2) is 5.69 Å². The van der Waals surface area contributed by atoms with Gasteiger partial charge in [-0.2, -0.15) is 0 Å². The van der Waals surface area contributed by atoms with Crippen molar-refractivity contribution in [3.63, 3.8) is 0 Å². The Labute approximate surface area is 155 Å². The molecule has 27 heavy (non-hydrogen) atoms. The average molecular weight is 370 g/mol. The zero-order valence-corrected chi connectivity index (χ0v) is 15.5. The van der Waals surface area contributed by atoms with Crippen LogP contribution in [-0.2, 0) is 6.54 Å². The first-order chi connectivity index (χ1) is 12.8. The third-order valence-corrected chi connectivity index (χ3v) is 4.50. The van der Waals surface area contributed by atoms with Crippen LogP contribution in [0.5, 0.6) is 0 Å². The van der Waals surface area contributed by atoms with Crippen LogP contribution in [0.25, 0.3) is 5.65 Å². The molecule has 0 spiro atoms. The molecule has 0 aromatic carbocycles. The van der Waals surface area contributed by atoms with E-state index in [0.717, 1.165) is 23.4 Å². The average Bonchev–Trinajstić information content (AvgIpc) is 3.06. The van der Waals surface area contributed by atoms with Crippen molar-refractivity contribution in [1.82, 2.24) is 18.9 Å². The Hall–Kier alpha value is -3.36. The van der Waals surface area contributed by atoms with E-state index in [0.29, 0.717) is 12.2 Å². The Kier molecular flexibility index (Phi) is 4.85. The molecular weight excluding hydrogens is 348 g/mol. The second-order valence-electron chi connectivity index (χ2n) is 6.38. The quantitative estimate of drug-likeness (QED) is 0.698. The van der Waals surface area contributed by atoms with E-state index in [9.17, 15) is 14.4 Å². The number of fused-ring (bicyclic) bond motifs is 1. The number of imidazole rings is 1. The molecule has 0 bridgehead atoms. The normalized spacial score (nSPS) is 11.1. The molecule has 9 nitrogen and oxygen atoms in total. The van der Waals surface area contributed by atoms with Crippen molar-refractivity contribution in [3.05, 3.63) is 56.6 Å². The number of nitrogens with zero attached hydrogens (tertiary/aromatic N) is 4. The Morgan fingerprint density at radius 3 is 2.74 bits per heavy atom. The van der Waals surface area contributed by atoms with Gasteiger partial charge in [-0.3, -0.25) is 19.1 Å². The van der Waals surface area contributed by atoms with Crippen LogP contribution >= 0.6 is 0 Å². The van der Waals surface area contributed by atoms with Crippen molar-refractivity contribution in [2.45, 2.75) is 33.2 Å². The Morgan fingerprint density at radius 2 is 2.07 bits per heavy atom. The van der Waals surface area contributed by atoms with Gasteiger partial charge in [-0.15, -0.1) is 0 Å². The molecule has 3 N–H and O–H groups in total. The maximum absolute atomic E-state index is 12.9. The molecule has 0 aliphatic rings. The van der Waals surface area contributed by atoms with E-state index in [1.165, 1.54) is 11.6 Å². The molecule has 9 heteroatoms. The van der Waals surface area contributed by atoms with Crippen LogP contribution in [0.1, 0.15) is 35.9 Å². The zero-order valence-electron chi connectivity index (χ0n) is 15.5. The van der Waals surface area contributed by atoms with Crippen LogP contribution in [0.3, 0.4) is 0 Å². The van der Waals surface area contributed by atoms with Crippen LogP contribution in [-0.4, -0.2) is 31.9 Å². The fourth-order valence-electron chi connectivity index (χ4n) is 2.96. The number of nitrogens with two attached hydrogens (primary N) is 1. The predicted octanol–water partition coefficient (Wildman–Crippen LogP) is 1.15. The SMILES string of the molecule is CCCCn1c(N)c(N(C)C(=O)c2cn3c(C)cccc3n2)c(=O)[nH]c1=O. The molecule has 3 rings (SSSR count). The first kappa shape index (κ1) is 18.4. The lowest BCUT2D eigenvalue weighted by Crippen LogP contribution is -2.39. The Morgan fingerprint density at radius 1 is 1.33 bits per heavy atom. The molecule has 0 saturated carbocycles. The van der Waals surface area contributed by atoms with E-state index in [4.69, 9.17) is 5.73 Å². The molecule has 0 radical (unpaired) electrons. The maximum Gasteiger partial charge on any atom is 0.330 e. The van der Waals surface area contributed by atoms with Crippen molar-refractivity contribution in [3.8, 4) is 0 Å². The summed E-state index contributed by atoms with van der Waals surface area (Å²) >= 11 is 0. The van der Waals surface area contributed by atoms with E-state index in [2.05, 4.69) is 9.97 Å².